The predicted octanol–water partition coefficient (Wildman–Crippen LogP) is 2.97. The van der Waals surface area contributed by atoms with Crippen LogP contribution in [0.15, 0.2) is 11.4 Å². The average Bonchev–Trinajstić information content (AvgIpc) is 2.92. The van der Waals surface area contributed by atoms with Gasteiger partial charge in [0.1, 0.15) is 0 Å². The third-order valence-electron chi connectivity index (χ3n) is 3.00. The van der Waals surface area contributed by atoms with Gasteiger partial charge in [-0.25, -0.2) is 4.79 Å². The molecule has 2 aromatic heterocycles. The van der Waals surface area contributed by atoms with Gasteiger partial charge in [-0.05, 0) is 18.9 Å². The van der Waals surface area contributed by atoms with E-state index in [1.54, 1.807) is 11.4 Å². The van der Waals surface area contributed by atoms with Gasteiger partial charge in [-0.15, -0.1) is 11.3 Å². The summed E-state index contributed by atoms with van der Waals surface area (Å²) in [7, 11) is 1.94. The van der Waals surface area contributed by atoms with Crippen LogP contribution in [0.4, 0.5) is 0 Å². The highest BCUT2D eigenvalue weighted by Crippen LogP contribution is 2.33. The van der Waals surface area contributed by atoms with E-state index in [4.69, 9.17) is 5.11 Å². The molecule has 0 atom stereocenters. The number of carboxylic acids is 1. The molecule has 0 bridgehead atoms. The van der Waals surface area contributed by atoms with Crippen LogP contribution < -0.4 is 0 Å². The van der Waals surface area contributed by atoms with Crippen molar-refractivity contribution in [3.05, 3.63) is 28.4 Å². The number of carbonyl (C=O) groups is 1. The van der Waals surface area contributed by atoms with Gasteiger partial charge in [0.2, 0.25) is 0 Å². The summed E-state index contributed by atoms with van der Waals surface area (Å²) in [6.07, 6.45) is 1.74. The maximum Gasteiger partial charge on any atom is 0.336 e. The number of aromatic carboxylic acids is 1. The lowest BCUT2D eigenvalue weighted by Crippen LogP contribution is -1.96. The topological polar surface area (TPSA) is 55.1 Å². The Balaban J connectivity index is 2.57. The van der Waals surface area contributed by atoms with E-state index in [-0.39, 0.29) is 0 Å². The minimum absolute atomic E-state index is 0.350. The number of thiophene rings is 1. The molecule has 0 aliphatic heterocycles. The fraction of sp³-hybridized carbons (Fsp3) is 0.385. The molecule has 4 nitrogen and oxygen atoms in total. The molecule has 0 unspecified atom stereocenters. The van der Waals surface area contributed by atoms with Gasteiger partial charge in [-0.2, -0.15) is 5.10 Å². The fourth-order valence-electron chi connectivity index (χ4n) is 2.14. The molecule has 1 N–H and O–H groups in total. The predicted molar refractivity (Wildman–Crippen MR) is 72.2 cm³/mol. The van der Waals surface area contributed by atoms with Gasteiger partial charge in [0.15, 0.2) is 0 Å². The van der Waals surface area contributed by atoms with Crippen LogP contribution in [0.2, 0.25) is 0 Å². The average molecular weight is 264 g/mol. The summed E-state index contributed by atoms with van der Waals surface area (Å²) in [5, 5.41) is 15.2. The Hall–Kier alpha value is -1.62. The van der Waals surface area contributed by atoms with Crippen molar-refractivity contribution in [2.75, 3.05) is 0 Å². The van der Waals surface area contributed by atoms with Gasteiger partial charge < -0.3 is 5.11 Å². The lowest BCUT2D eigenvalue weighted by atomic mass is 10.1. The van der Waals surface area contributed by atoms with E-state index in [9.17, 15) is 4.79 Å². The van der Waals surface area contributed by atoms with Crippen molar-refractivity contribution in [2.45, 2.75) is 26.7 Å². The Morgan fingerprint density at radius 3 is 2.67 bits per heavy atom. The zero-order valence-corrected chi connectivity index (χ0v) is 11.5. The molecule has 2 aromatic rings. The van der Waals surface area contributed by atoms with E-state index in [2.05, 4.69) is 18.9 Å². The Morgan fingerprint density at radius 2 is 2.17 bits per heavy atom. The van der Waals surface area contributed by atoms with Gasteiger partial charge in [0.25, 0.3) is 0 Å². The normalized spacial score (nSPS) is 10.8. The maximum absolute atomic E-state index is 10.9. The summed E-state index contributed by atoms with van der Waals surface area (Å²) < 4.78 is 1.90. The van der Waals surface area contributed by atoms with Crippen molar-refractivity contribution in [3.8, 4) is 10.4 Å². The van der Waals surface area contributed by atoms with Crippen molar-refractivity contribution in [1.82, 2.24) is 9.78 Å². The largest absolute Gasteiger partial charge is 0.478 e. The van der Waals surface area contributed by atoms with Crippen molar-refractivity contribution < 1.29 is 9.90 Å². The summed E-state index contributed by atoms with van der Waals surface area (Å²) >= 11 is 1.47. The zero-order valence-electron chi connectivity index (χ0n) is 10.7. The van der Waals surface area contributed by atoms with E-state index in [1.165, 1.54) is 11.3 Å². The minimum atomic E-state index is -0.877. The Kier molecular flexibility index (Phi) is 3.52. The quantitative estimate of drug-likeness (QED) is 0.923. The van der Waals surface area contributed by atoms with E-state index < -0.39 is 5.97 Å². The molecule has 2 heterocycles. The molecule has 96 valence electrons. The fourth-order valence-corrected chi connectivity index (χ4v) is 3.11. The maximum atomic E-state index is 10.9. The van der Waals surface area contributed by atoms with Crippen LogP contribution in [0.3, 0.4) is 0 Å². The summed E-state index contributed by atoms with van der Waals surface area (Å²) in [5.41, 5.74) is 3.65. The monoisotopic (exact) mass is 264 g/mol. The second-order valence-corrected chi connectivity index (χ2v) is 5.02. The first-order chi connectivity index (χ1) is 8.58. The molecule has 2 rings (SSSR count). The molecule has 0 radical (unpaired) electrons. The molecule has 5 heteroatoms. The molecule has 18 heavy (non-hydrogen) atoms. The lowest BCUT2D eigenvalue weighted by Gasteiger charge is -2.01. The van der Waals surface area contributed by atoms with Gasteiger partial charge in [-0.1, -0.05) is 13.8 Å². The minimum Gasteiger partial charge on any atom is -0.478 e. The molecular formula is C13H16N2O2S. The molecule has 0 saturated heterocycles. The number of aryl methyl sites for hydroxylation is 2. The van der Waals surface area contributed by atoms with Crippen LogP contribution in [0, 0.1) is 0 Å². The molecule has 0 fully saturated rings. The molecule has 0 aromatic carbocycles. The standard InChI is InChI=1S/C13H16N2O2S/c1-4-9-12(10(5-2)15(3)14-9)11-6-8(7-18-11)13(16)17/h6-7H,4-5H2,1-3H3,(H,16,17). The second kappa shape index (κ2) is 4.94. The van der Waals surface area contributed by atoms with Crippen LogP contribution >= 0.6 is 11.3 Å². The highest BCUT2D eigenvalue weighted by molar-refractivity contribution is 7.13. The number of carboxylic acid groups (broad SMARTS) is 1. The third kappa shape index (κ3) is 2.06. The highest BCUT2D eigenvalue weighted by atomic mass is 32.1. The zero-order chi connectivity index (χ0) is 13.3. The summed E-state index contributed by atoms with van der Waals surface area (Å²) in [4.78, 5) is 11.9. The molecule has 0 saturated carbocycles. The van der Waals surface area contributed by atoms with Crippen molar-refractivity contribution in [1.29, 1.82) is 0 Å². The van der Waals surface area contributed by atoms with Crippen molar-refractivity contribution in [2.24, 2.45) is 7.05 Å². The number of aromatic nitrogens is 2. The van der Waals surface area contributed by atoms with E-state index in [1.807, 2.05) is 11.7 Å². The van der Waals surface area contributed by atoms with Crippen LogP contribution in [0.25, 0.3) is 10.4 Å². The summed E-state index contributed by atoms with van der Waals surface area (Å²) in [6.45, 7) is 4.16. The lowest BCUT2D eigenvalue weighted by molar-refractivity contribution is 0.0697. The summed E-state index contributed by atoms with van der Waals surface area (Å²) in [6, 6.07) is 1.74. The Morgan fingerprint density at radius 1 is 1.44 bits per heavy atom. The van der Waals surface area contributed by atoms with Crippen LogP contribution in [-0.4, -0.2) is 20.9 Å². The van der Waals surface area contributed by atoms with Crippen LogP contribution in [-0.2, 0) is 19.9 Å². The number of nitrogens with zero attached hydrogens (tertiary/aromatic N) is 2. The van der Waals surface area contributed by atoms with Crippen molar-refractivity contribution in [3.63, 3.8) is 0 Å². The van der Waals surface area contributed by atoms with Crippen molar-refractivity contribution >= 4 is 17.3 Å². The highest BCUT2D eigenvalue weighted by Gasteiger charge is 2.18. The first-order valence-electron chi connectivity index (χ1n) is 5.95. The molecule has 0 aliphatic carbocycles. The van der Waals surface area contributed by atoms with Gasteiger partial charge in [-0.3, -0.25) is 4.68 Å². The molecule has 0 spiro atoms. The summed E-state index contributed by atoms with van der Waals surface area (Å²) in [5.74, 6) is -0.877. The number of hydrogen-bond acceptors (Lipinski definition) is 3. The first-order valence-corrected chi connectivity index (χ1v) is 6.83. The smallest absolute Gasteiger partial charge is 0.336 e. The first kappa shape index (κ1) is 12.8. The third-order valence-corrected chi connectivity index (χ3v) is 3.95. The molecular weight excluding hydrogens is 248 g/mol. The molecule has 0 aliphatic rings. The number of hydrogen-bond donors (Lipinski definition) is 1. The van der Waals surface area contributed by atoms with E-state index >= 15 is 0 Å². The van der Waals surface area contributed by atoms with Gasteiger partial charge in [0.05, 0.1) is 11.3 Å². The van der Waals surface area contributed by atoms with E-state index in [0.717, 1.165) is 34.7 Å². The van der Waals surface area contributed by atoms with Gasteiger partial charge in [0, 0.05) is 28.6 Å². The van der Waals surface area contributed by atoms with E-state index in [0.29, 0.717) is 5.56 Å². The van der Waals surface area contributed by atoms with Crippen LogP contribution in [0.1, 0.15) is 35.6 Å². The SMILES string of the molecule is CCc1nn(C)c(CC)c1-c1cc(C(=O)O)cs1. The molecule has 0 amide bonds. The second-order valence-electron chi connectivity index (χ2n) is 4.10. The Labute approximate surface area is 110 Å². The van der Waals surface area contributed by atoms with Crippen LogP contribution in [0.5, 0.6) is 0 Å². The Bertz CT molecular complexity index is 584. The van der Waals surface area contributed by atoms with Gasteiger partial charge >= 0.3 is 5.97 Å². The number of rotatable bonds is 4.